The summed E-state index contributed by atoms with van der Waals surface area (Å²) in [6.07, 6.45) is 1.41. The Morgan fingerprint density at radius 2 is 2.21 bits per heavy atom. The van der Waals surface area contributed by atoms with E-state index in [2.05, 4.69) is 15.5 Å². The Morgan fingerprint density at radius 1 is 1.42 bits per heavy atom. The molecule has 1 aromatic heterocycles. The van der Waals surface area contributed by atoms with Gasteiger partial charge in [-0.25, -0.2) is 4.79 Å². The second-order valence-corrected chi connectivity index (χ2v) is 3.94. The lowest BCUT2D eigenvalue weighted by molar-refractivity contribution is 0.0697. The van der Waals surface area contributed by atoms with Crippen molar-refractivity contribution in [3.63, 3.8) is 0 Å². The number of benzene rings is 1. The molecular weight excluding hydrogens is 268 g/mol. The summed E-state index contributed by atoms with van der Waals surface area (Å²) >= 11 is 5.84. The molecule has 6 nitrogen and oxygen atoms in total. The fourth-order valence-corrected chi connectivity index (χ4v) is 1.68. The zero-order chi connectivity index (χ0) is 13.8. The first-order valence-corrected chi connectivity index (χ1v) is 5.51. The first kappa shape index (κ1) is 12.8. The summed E-state index contributed by atoms with van der Waals surface area (Å²) in [5.74, 6) is -0.821. The van der Waals surface area contributed by atoms with Gasteiger partial charge in [-0.15, -0.1) is 5.10 Å². The molecule has 0 aliphatic rings. The number of nitrogens with zero attached hydrogens (tertiary/aromatic N) is 3. The number of nitriles is 1. The molecule has 2 rings (SSSR count). The van der Waals surface area contributed by atoms with E-state index in [-0.39, 0.29) is 16.4 Å². The Morgan fingerprint density at radius 3 is 2.84 bits per heavy atom. The first-order valence-electron chi connectivity index (χ1n) is 5.13. The lowest BCUT2D eigenvalue weighted by Gasteiger charge is -2.07. The van der Waals surface area contributed by atoms with Gasteiger partial charge in [0.15, 0.2) is 5.82 Å². The van der Waals surface area contributed by atoms with Crippen LogP contribution in [0.15, 0.2) is 30.5 Å². The molecular formula is C12H7ClN4O2. The summed E-state index contributed by atoms with van der Waals surface area (Å²) in [5, 5.41) is 28.2. The number of rotatable bonds is 3. The van der Waals surface area contributed by atoms with Crippen molar-refractivity contribution in [2.45, 2.75) is 0 Å². The molecule has 0 radical (unpaired) electrons. The van der Waals surface area contributed by atoms with Crippen LogP contribution in [0.5, 0.6) is 0 Å². The van der Waals surface area contributed by atoms with Crippen LogP contribution in [0.1, 0.15) is 15.9 Å². The van der Waals surface area contributed by atoms with Crippen molar-refractivity contribution in [1.29, 1.82) is 5.26 Å². The average molecular weight is 275 g/mol. The zero-order valence-electron chi connectivity index (χ0n) is 9.46. The van der Waals surface area contributed by atoms with Gasteiger partial charge in [-0.05, 0) is 24.3 Å². The molecule has 1 aromatic carbocycles. The molecule has 7 heteroatoms. The van der Waals surface area contributed by atoms with Crippen LogP contribution in [-0.2, 0) is 0 Å². The number of aromatic carboxylic acids is 1. The van der Waals surface area contributed by atoms with E-state index in [1.165, 1.54) is 30.5 Å². The molecule has 0 saturated carbocycles. The van der Waals surface area contributed by atoms with Gasteiger partial charge in [0.05, 0.1) is 22.3 Å². The third-order valence-corrected chi connectivity index (χ3v) is 2.62. The number of hydrogen-bond donors (Lipinski definition) is 2. The van der Waals surface area contributed by atoms with Gasteiger partial charge < -0.3 is 10.4 Å². The van der Waals surface area contributed by atoms with Crippen molar-refractivity contribution in [3.8, 4) is 6.07 Å². The van der Waals surface area contributed by atoms with Crippen molar-refractivity contribution in [2.75, 3.05) is 5.32 Å². The molecule has 0 spiro atoms. The van der Waals surface area contributed by atoms with Gasteiger partial charge in [0.2, 0.25) is 0 Å². The van der Waals surface area contributed by atoms with Crippen molar-refractivity contribution in [2.24, 2.45) is 0 Å². The number of aromatic nitrogens is 2. The van der Waals surface area contributed by atoms with E-state index in [0.29, 0.717) is 11.3 Å². The molecule has 0 aliphatic heterocycles. The van der Waals surface area contributed by atoms with E-state index in [4.69, 9.17) is 22.0 Å². The number of carbonyl (C=O) groups is 1. The van der Waals surface area contributed by atoms with Gasteiger partial charge in [-0.1, -0.05) is 11.6 Å². The average Bonchev–Trinajstić information content (AvgIpc) is 2.39. The van der Waals surface area contributed by atoms with E-state index < -0.39 is 5.97 Å². The van der Waals surface area contributed by atoms with Crippen LogP contribution >= 0.6 is 11.6 Å². The number of nitrogens with one attached hydrogen (secondary N) is 1. The Balaban J connectivity index is 2.32. The highest BCUT2D eigenvalue weighted by Gasteiger charge is 2.10. The predicted molar refractivity (Wildman–Crippen MR) is 68.4 cm³/mol. The molecule has 0 fully saturated rings. The molecule has 0 bridgehead atoms. The number of carboxylic acids is 1. The summed E-state index contributed by atoms with van der Waals surface area (Å²) in [4.78, 5) is 10.8. The summed E-state index contributed by atoms with van der Waals surface area (Å²) in [6, 6.07) is 7.83. The number of halogens is 1. The largest absolute Gasteiger partial charge is 0.478 e. The molecule has 2 N–H and O–H groups in total. The van der Waals surface area contributed by atoms with Gasteiger partial charge in [0.25, 0.3) is 0 Å². The van der Waals surface area contributed by atoms with E-state index in [1.807, 2.05) is 6.07 Å². The molecule has 19 heavy (non-hydrogen) atoms. The number of anilines is 2. The van der Waals surface area contributed by atoms with Gasteiger partial charge in [-0.2, -0.15) is 10.4 Å². The Bertz CT molecular complexity index is 682. The first-order chi connectivity index (χ1) is 9.11. The third-order valence-electron chi connectivity index (χ3n) is 2.30. The summed E-state index contributed by atoms with van der Waals surface area (Å²) in [6.45, 7) is 0. The molecule has 1 heterocycles. The molecule has 0 atom stereocenters. The summed E-state index contributed by atoms with van der Waals surface area (Å²) in [5.41, 5.74) is 0.854. The van der Waals surface area contributed by atoms with Gasteiger partial charge in [0.1, 0.15) is 6.07 Å². The van der Waals surface area contributed by atoms with Crippen molar-refractivity contribution < 1.29 is 9.90 Å². The Hall–Kier alpha value is -2.65. The number of hydrogen-bond acceptors (Lipinski definition) is 5. The second kappa shape index (κ2) is 5.33. The van der Waals surface area contributed by atoms with Crippen LogP contribution < -0.4 is 5.32 Å². The normalized spacial score (nSPS) is 9.68. The van der Waals surface area contributed by atoms with Crippen molar-refractivity contribution >= 4 is 29.1 Å². The number of carboxylic acid groups (broad SMARTS) is 1. The van der Waals surface area contributed by atoms with E-state index in [9.17, 15) is 4.79 Å². The second-order valence-electron chi connectivity index (χ2n) is 3.53. The molecule has 94 valence electrons. The fourth-order valence-electron chi connectivity index (χ4n) is 1.42. The minimum atomic E-state index is -1.10. The Kier molecular flexibility index (Phi) is 3.59. The van der Waals surface area contributed by atoms with Crippen LogP contribution in [-0.4, -0.2) is 21.3 Å². The van der Waals surface area contributed by atoms with Gasteiger partial charge >= 0.3 is 5.97 Å². The van der Waals surface area contributed by atoms with Crippen molar-refractivity contribution in [3.05, 3.63) is 46.6 Å². The van der Waals surface area contributed by atoms with E-state index in [0.717, 1.165) is 0 Å². The lowest BCUT2D eigenvalue weighted by atomic mass is 10.2. The fraction of sp³-hybridized carbons (Fsp3) is 0. The standard InChI is InChI=1S/C12H7ClN4O2/c13-10-5-8(1-2-9(10)12(18)19)16-11-7(6-14)3-4-15-17-11/h1-5H,(H,16,17)(H,18,19). The lowest BCUT2D eigenvalue weighted by Crippen LogP contribution is -2.01. The third kappa shape index (κ3) is 2.78. The highest BCUT2D eigenvalue weighted by atomic mass is 35.5. The topological polar surface area (TPSA) is 98.9 Å². The van der Waals surface area contributed by atoms with Crippen LogP contribution in [0, 0.1) is 11.3 Å². The van der Waals surface area contributed by atoms with E-state index >= 15 is 0 Å². The highest BCUT2D eigenvalue weighted by Crippen LogP contribution is 2.24. The predicted octanol–water partition coefficient (Wildman–Crippen LogP) is 2.44. The molecule has 0 aliphatic carbocycles. The molecule has 0 saturated heterocycles. The minimum Gasteiger partial charge on any atom is -0.478 e. The van der Waals surface area contributed by atoms with Gasteiger partial charge in [-0.3, -0.25) is 0 Å². The molecule has 0 unspecified atom stereocenters. The molecule has 2 aromatic rings. The van der Waals surface area contributed by atoms with Crippen molar-refractivity contribution in [1.82, 2.24) is 10.2 Å². The SMILES string of the molecule is N#Cc1ccnnc1Nc1ccc(C(=O)O)c(Cl)c1. The van der Waals surface area contributed by atoms with Crippen LogP contribution in [0.25, 0.3) is 0 Å². The quantitative estimate of drug-likeness (QED) is 0.892. The zero-order valence-corrected chi connectivity index (χ0v) is 10.2. The summed E-state index contributed by atoms with van der Waals surface area (Å²) < 4.78 is 0. The van der Waals surface area contributed by atoms with E-state index in [1.54, 1.807) is 0 Å². The van der Waals surface area contributed by atoms with Crippen LogP contribution in [0.3, 0.4) is 0 Å². The van der Waals surface area contributed by atoms with Crippen LogP contribution in [0.4, 0.5) is 11.5 Å². The maximum Gasteiger partial charge on any atom is 0.337 e. The maximum absolute atomic E-state index is 10.8. The minimum absolute atomic E-state index is 0.00636. The Labute approximate surface area is 113 Å². The van der Waals surface area contributed by atoms with Gasteiger partial charge in [0, 0.05) is 5.69 Å². The molecule has 0 amide bonds. The maximum atomic E-state index is 10.8. The van der Waals surface area contributed by atoms with Crippen LogP contribution in [0.2, 0.25) is 5.02 Å². The monoisotopic (exact) mass is 274 g/mol. The highest BCUT2D eigenvalue weighted by molar-refractivity contribution is 6.33. The smallest absolute Gasteiger partial charge is 0.337 e. The summed E-state index contributed by atoms with van der Waals surface area (Å²) in [7, 11) is 0.